The van der Waals surface area contributed by atoms with Gasteiger partial charge >= 0.3 is 0 Å². The smallest absolute Gasteiger partial charge is 0.194 e. The number of nitrogens with one attached hydrogen (secondary N) is 1. The Morgan fingerprint density at radius 1 is 1.28 bits per heavy atom. The Kier molecular flexibility index (Phi) is 4.83. The molecular formula is C18H26N6S. The van der Waals surface area contributed by atoms with Gasteiger partial charge in [0, 0.05) is 36.8 Å². The maximum atomic E-state index is 4.53. The molecule has 134 valence electrons. The molecule has 0 amide bonds. The van der Waals surface area contributed by atoms with E-state index in [0.29, 0.717) is 11.3 Å². The first-order valence-electron chi connectivity index (χ1n) is 9.18. The molecule has 0 radical (unpaired) electrons. The summed E-state index contributed by atoms with van der Waals surface area (Å²) in [6.45, 7) is 2.80. The summed E-state index contributed by atoms with van der Waals surface area (Å²) in [6, 6.07) is 5.96. The van der Waals surface area contributed by atoms with Crippen LogP contribution >= 0.6 is 11.8 Å². The minimum Gasteiger partial charge on any atom is -0.349 e. The van der Waals surface area contributed by atoms with Crippen LogP contribution in [0.25, 0.3) is 5.65 Å². The number of aliphatic imine (C=N–C) groups is 1. The summed E-state index contributed by atoms with van der Waals surface area (Å²) < 4.78 is 2.46. The van der Waals surface area contributed by atoms with Gasteiger partial charge in [-0.3, -0.25) is 9.39 Å². The monoisotopic (exact) mass is 358 g/mol. The van der Waals surface area contributed by atoms with Gasteiger partial charge in [-0.1, -0.05) is 25.3 Å². The number of fused-ring (bicyclic) bond motifs is 1. The molecule has 6 nitrogen and oxygen atoms in total. The topological polar surface area (TPSA) is 57.8 Å². The third kappa shape index (κ3) is 3.47. The third-order valence-electron chi connectivity index (χ3n) is 5.31. The van der Waals surface area contributed by atoms with Gasteiger partial charge in [0.05, 0.1) is 6.54 Å². The average Bonchev–Trinajstić information content (AvgIpc) is 3.06. The number of nitrogens with zero attached hydrogens (tertiary/aromatic N) is 5. The summed E-state index contributed by atoms with van der Waals surface area (Å²) in [5.41, 5.74) is 0.879. The molecule has 2 aromatic heterocycles. The van der Waals surface area contributed by atoms with Gasteiger partial charge in [-0.15, -0.1) is 10.2 Å². The minimum absolute atomic E-state index is 0.440. The highest BCUT2D eigenvalue weighted by Gasteiger charge is 2.38. The summed E-state index contributed by atoms with van der Waals surface area (Å²) in [5.74, 6) is 3.09. The second-order valence-electron chi connectivity index (χ2n) is 6.96. The van der Waals surface area contributed by atoms with Crippen LogP contribution in [-0.4, -0.2) is 56.1 Å². The van der Waals surface area contributed by atoms with E-state index < -0.39 is 0 Å². The molecule has 2 fully saturated rings. The fraction of sp³-hybridized carbons (Fsp3) is 0.611. The molecule has 1 spiro atoms. The van der Waals surface area contributed by atoms with Crippen LogP contribution in [0.3, 0.4) is 0 Å². The van der Waals surface area contributed by atoms with E-state index in [1.165, 1.54) is 37.9 Å². The molecule has 7 heteroatoms. The number of hydrogen-bond acceptors (Lipinski definition) is 4. The van der Waals surface area contributed by atoms with Crippen molar-refractivity contribution in [3.63, 3.8) is 0 Å². The van der Waals surface area contributed by atoms with Gasteiger partial charge in [0.1, 0.15) is 0 Å². The molecule has 1 aliphatic heterocycles. The minimum atomic E-state index is 0.440. The number of rotatable bonds is 2. The Hall–Kier alpha value is -1.76. The maximum Gasteiger partial charge on any atom is 0.194 e. The van der Waals surface area contributed by atoms with Gasteiger partial charge in [-0.2, -0.15) is 11.8 Å². The van der Waals surface area contributed by atoms with Gasteiger partial charge < -0.3 is 10.2 Å². The largest absolute Gasteiger partial charge is 0.349 e. The number of aromatic nitrogens is 3. The van der Waals surface area contributed by atoms with E-state index in [2.05, 4.69) is 37.2 Å². The van der Waals surface area contributed by atoms with Crippen molar-refractivity contribution in [2.75, 3.05) is 25.9 Å². The average molecular weight is 359 g/mol. The molecule has 0 aromatic carbocycles. The van der Waals surface area contributed by atoms with Gasteiger partial charge in [-0.25, -0.2) is 0 Å². The SMILES string of the molecule is CN=C(NCc1nnc2ccccn12)N1CCSC2(CCCCC2)C1. The molecule has 2 aromatic rings. The predicted octanol–water partition coefficient (Wildman–Crippen LogP) is 2.56. The van der Waals surface area contributed by atoms with Gasteiger partial charge in [-0.05, 0) is 25.0 Å². The first-order valence-corrected chi connectivity index (χ1v) is 10.2. The van der Waals surface area contributed by atoms with Gasteiger partial charge in [0.15, 0.2) is 17.4 Å². The highest BCUT2D eigenvalue weighted by molar-refractivity contribution is 8.00. The van der Waals surface area contributed by atoms with Crippen LogP contribution in [-0.2, 0) is 6.54 Å². The van der Waals surface area contributed by atoms with Gasteiger partial charge in [0.2, 0.25) is 0 Å². The van der Waals surface area contributed by atoms with E-state index in [-0.39, 0.29) is 0 Å². The highest BCUT2D eigenvalue weighted by atomic mass is 32.2. The van der Waals surface area contributed by atoms with E-state index in [0.717, 1.165) is 30.5 Å². The Bertz CT molecular complexity index is 743. The second-order valence-corrected chi connectivity index (χ2v) is 8.52. The van der Waals surface area contributed by atoms with Crippen LogP contribution in [0.4, 0.5) is 0 Å². The Morgan fingerprint density at radius 2 is 2.16 bits per heavy atom. The van der Waals surface area contributed by atoms with Gasteiger partial charge in [0.25, 0.3) is 0 Å². The summed E-state index contributed by atoms with van der Waals surface area (Å²) in [5, 5.41) is 12.0. The normalized spacial score (nSPS) is 21.0. The second kappa shape index (κ2) is 7.23. The Morgan fingerprint density at radius 3 is 3.00 bits per heavy atom. The lowest BCUT2D eigenvalue weighted by Crippen LogP contribution is -2.53. The van der Waals surface area contributed by atoms with E-state index >= 15 is 0 Å². The number of thioether (sulfide) groups is 1. The zero-order valence-corrected chi connectivity index (χ0v) is 15.6. The first kappa shape index (κ1) is 16.7. The maximum absolute atomic E-state index is 4.53. The predicted molar refractivity (Wildman–Crippen MR) is 103 cm³/mol. The molecule has 1 aliphatic carbocycles. The van der Waals surface area contributed by atoms with Crippen LogP contribution < -0.4 is 5.32 Å². The lowest BCUT2D eigenvalue weighted by Gasteiger charge is -2.45. The van der Waals surface area contributed by atoms with Crippen molar-refractivity contribution in [2.45, 2.75) is 43.4 Å². The van der Waals surface area contributed by atoms with Crippen LogP contribution in [0.1, 0.15) is 37.9 Å². The first-order chi connectivity index (χ1) is 12.3. The fourth-order valence-electron chi connectivity index (χ4n) is 4.03. The van der Waals surface area contributed by atoms with Crippen molar-refractivity contribution in [2.24, 2.45) is 4.99 Å². The molecule has 0 unspecified atom stereocenters. The van der Waals surface area contributed by atoms with E-state index in [1.54, 1.807) is 0 Å². The van der Waals surface area contributed by atoms with Crippen LogP contribution in [0.5, 0.6) is 0 Å². The molecule has 0 bridgehead atoms. The molecule has 1 saturated heterocycles. The lowest BCUT2D eigenvalue weighted by molar-refractivity contribution is 0.293. The standard InChI is InChI=1S/C18H26N6S/c1-19-17(20-13-16-22-21-15-7-3-6-10-24(15)16)23-11-12-25-18(14-23)8-4-2-5-9-18/h3,6-7,10H,2,4-5,8-9,11-14H2,1H3,(H,19,20). The van der Waals surface area contributed by atoms with Crippen LogP contribution in [0, 0.1) is 0 Å². The molecule has 3 heterocycles. The van der Waals surface area contributed by atoms with Crippen molar-refractivity contribution in [3.05, 3.63) is 30.2 Å². The molecule has 25 heavy (non-hydrogen) atoms. The number of hydrogen-bond donors (Lipinski definition) is 1. The molecular weight excluding hydrogens is 332 g/mol. The molecule has 1 saturated carbocycles. The molecule has 4 rings (SSSR count). The van der Waals surface area contributed by atoms with E-state index in [9.17, 15) is 0 Å². The lowest BCUT2D eigenvalue weighted by atomic mass is 9.87. The van der Waals surface area contributed by atoms with Crippen LogP contribution in [0.15, 0.2) is 29.4 Å². The molecule has 1 N–H and O–H groups in total. The highest BCUT2D eigenvalue weighted by Crippen LogP contribution is 2.42. The molecule has 0 atom stereocenters. The number of pyridine rings is 1. The Balaban J connectivity index is 1.43. The number of guanidine groups is 1. The van der Waals surface area contributed by atoms with Crippen LogP contribution in [0.2, 0.25) is 0 Å². The van der Waals surface area contributed by atoms with Crippen molar-refractivity contribution >= 4 is 23.4 Å². The van der Waals surface area contributed by atoms with E-state index in [4.69, 9.17) is 0 Å². The third-order valence-corrected chi connectivity index (χ3v) is 6.85. The summed E-state index contributed by atoms with van der Waals surface area (Å²) in [4.78, 5) is 6.97. The summed E-state index contributed by atoms with van der Waals surface area (Å²) in [7, 11) is 1.87. The zero-order chi connectivity index (χ0) is 17.1. The van der Waals surface area contributed by atoms with Crippen molar-refractivity contribution in [3.8, 4) is 0 Å². The van der Waals surface area contributed by atoms with Crippen molar-refractivity contribution < 1.29 is 0 Å². The van der Waals surface area contributed by atoms with Crippen molar-refractivity contribution in [1.29, 1.82) is 0 Å². The summed E-state index contributed by atoms with van der Waals surface area (Å²) in [6.07, 6.45) is 8.84. The zero-order valence-electron chi connectivity index (χ0n) is 14.8. The fourth-order valence-corrected chi connectivity index (χ4v) is 5.60. The molecule has 2 aliphatic rings. The Labute approximate surface area is 153 Å². The van der Waals surface area contributed by atoms with E-state index in [1.807, 2.05) is 35.8 Å². The quantitative estimate of drug-likeness (QED) is 0.660. The van der Waals surface area contributed by atoms with Crippen molar-refractivity contribution in [1.82, 2.24) is 24.8 Å². The summed E-state index contributed by atoms with van der Waals surface area (Å²) >= 11 is 2.18.